The highest BCUT2D eigenvalue weighted by atomic mass is 79.9. The average Bonchev–Trinajstić information content (AvgIpc) is 1.82. The molecule has 0 saturated carbocycles. The Morgan fingerprint density at radius 2 is 2.30 bits per heavy atom. The van der Waals surface area contributed by atoms with Gasteiger partial charge in [0.1, 0.15) is 0 Å². The number of carbonyl (C=O) groups is 1. The van der Waals surface area contributed by atoms with Crippen molar-refractivity contribution in [3.05, 3.63) is 0 Å². The molecule has 3 heteroatoms. The van der Waals surface area contributed by atoms with E-state index >= 15 is 0 Å². The number of ether oxygens (including phenoxy) is 1. The Morgan fingerprint density at radius 3 is 2.70 bits per heavy atom. The second-order valence-corrected chi connectivity index (χ2v) is 2.96. The van der Waals surface area contributed by atoms with Gasteiger partial charge in [-0.1, -0.05) is 19.8 Å². The van der Waals surface area contributed by atoms with Crippen molar-refractivity contribution < 1.29 is 9.53 Å². The summed E-state index contributed by atoms with van der Waals surface area (Å²) in [6.45, 7) is 4.01. The van der Waals surface area contributed by atoms with Gasteiger partial charge in [0.25, 0.3) is 0 Å². The first kappa shape index (κ1) is 9.95. The van der Waals surface area contributed by atoms with Crippen LogP contribution < -0.4 is 0 Å². The molecule has 60 valence electrons. The Hall–Kier alpha value is -0.0500. The lowest BCUT2D eigenvalue weighted by Crippen LogP contribution is -2.08. The fraction of sp³-hybridized carbons (Fsp3) is 0.857. The minimum absolute atomic E-state index is 0.0480. The lowest BCUT2D eigenvalue weighted by atomic mass is 10.2. The zero-order valence-corrected chi connectivity index (χ0v) is 7.98. The van der Waals surface area contributed by atoms with Crippen LogP contribution in [0.1, 0.15) is 33.1 Å². The summed E-state index contributed by atoms with van der Waals surface area (Å²) in [5.41, 5.74) is 0. The molecule has 0 N–H and O–H groups in total. The molecule has 0 aliphatic heterocycles. The van der Waals surface area contributed by atoms with Crippen LogP contribution in [-0.2, 0) is 4.74 Å². The molecule has 0 fully saturated rings. The molecule has 0 bridgehead atoms. The molecular weight excluding hydrogens is 196 g/mol. The Balaban J connectivity index is 3.25. The monoisotopic (exact) mass is 208 g/mol. The summed E-state index contributed by atoms with van der Waals surface area (Å²) < 4.78 is 4.83. The van der Waals surface area contributed by atoms with Gasteiger partial charge in [-0.3, -0.25) is 0 Å². The normalized spacial score (nSPS) is 12.7. The van der Waals surface area contributed by atoms with Crippen LogP contribution in [0.3, 0.4) is 0 Å². The summed E-state index contributed by atoms with van der Waals surface area (Å²) in [6.07, 6.45) is 3.26. The molecule has 1 atom stereocenters. The summed E-state index contributed by atoms with van der Waals surface area (Å²) >= 11 is 2.71. The Morgan fingerprint density at radius 1 is 1.70 bits per heavy atom. The third-order valence-electron chi connectivity index (χ3n) is 1.26. The van der Waals surface area contributed by atoms with Crippen LogP contribution in [0.15, 0.2) is 0 Å². The molecule has 0 radical (unpaired) electrons. The van der Waals surface area contributed by atoms with E-state index in [-0.39, 0.29) is 11.0 Å². The van der Waals surface area contributed by atoms with Gasteiger partial charge in [-0.2, -0.15) is 0 Å². The van der Waals surface area contributed by atoms with Crippen LogP contribution >= 0.6 is 15.9 Å². The third-order valence-corrected chi connectivity index (χ3v) is 1.44. The first-order valence-electron chi connectivity index (χ1n) is 3.53. The Labute approximate surface area is 70.1 Å². The lowest BCUT2D eigenvalue weighted by molar-refractivity contribution is 0.127. The number of hydrogen-bond acceptors (Lipinski definition) is 2. The molecule has 2 nitrogen and oxygen atoms in total. The van der Waals surface area contributed by atoms with Gasteiger partial charge in [0.2, 0.25) is 0 Å². The van der Waals surface area contributed by atoms with E-state index in [9.17, 15) is 4.79 Å². The van der Waals surface area contributed by atoms with E-state index in [1.165, 1.54) is 0 Å². The second-order valence-electron chi connectivity index (χ2n) is 2.31. The van der Waals surface area contributed by atoms with Gasteiger partial charge in [0.05, 0.1) is 6.10 Å². The van der Waals surface area contributed by atoms with E-state index in [1.54, 1.807) is 0 Å². The lowest BCUT2D eigenvalue weighted by Gasteiger charge is -2.08. The fourth-order valence-corrected chi connectivity index (χ4v) is 1.03. The molecule has 0 spiro atoms. The molecule has 0 saturated heterocycles. The Bertz CT molecular complexity index is 104. The minimum atomic E-state index is -0.365. The van der Waals surface area contributed by atoms with Crippen molar-refractivity contribution in [1.82, 2.24) is 0 Å². The fourth-order valence-electron chi connectivity index (χ4n) is 0.709. The second kappa shape index (κ2) is 5.71. The number of carbonyl (C=O) groups excluding carboxylic acids is 1. The maximum Gasteiger partial charge on any atom is 0.374 e. The predicted octanol–water partition coefficient (Wildman–Crippen LogP) is 3.10. The van der Waals surface area contributed by atoms with Crippen LogP contribution in [0, 0.1) is 0 Å². The summed E-state index contributed by atoms with van der Waals surface area (Å²) in [7, 11) is 0. The van der Waals surface area contributed by atoms with E-state index in [4.69, 9.17) is 4.74 Å². The van der Waals surface area contributed by atoms with Crippen LogP contribution in [0.4, 0.5) is 4.79 Å². The predicted molar refractivity (Wildman–Crippen MR) is 44.4 cm³/mol. The number of halogens is 1. The van der Waals surface area contributed by atoms with Crippen molar-refractivity contribution in [2.24, 2.45) is 0 Å². The SMILES string of the molecule is CCCCC(C)OC(=O)Br. The smallest absolute Gasteiger partial charge is 0.374 e. The largest absolute Gasteiger partial charge is 0.454 e. The van der Waals surface area contributed by atoms with E-state index in [0.717, 1.165) is 19.3 Å². The van der Waals surface area contributed by atoms with Gasteiger partial charge < -0.3 is 4.74 Å². The maximum absolute atomic E-state index is 10.3. The van der Waals surface area contributed by atoms with E-state index in [0.29, 0.717) is 0 Å². The van der Waals surface area contributed by atoms with Crippen molar-refractivity contribution in [1.29, 1.82) is 0 Å². The quantitative estimate of drug-likeness (QED) is 0.665. The van der Waals surface area contributed by atoms with Crippen molar-refractivity contribution in [2.45, 2.75) is 39.2 Å². The van der Waals surface area contributed by atoms with E-state index < -0.39 is 0 Å². The van der Waals surface area contributed by atoms with Gasteiger partial charge in [-0.15, -0.1) is 0 Å². The van der Waals surface area contributed by atoms with Crippen LogP contribution in [-0.4, -0.2) is 11.0 Å². The minimum Gasteiger partial charge on any atom is -0.454 e. The average molecular weight is 209 g/mol. The molecule has 0 heterocycles. The summed E-state index contributed by atoms with van der Waals surface area (Å²) in [6, 6.07) is 0. The van der Waals surface area contributed by atoms with Crippen molar-refractivity contribution in [3.63, 3.8) is 0 Å². The number of unbranched alkanes of at least 4 members (excludes halogenated alkanes) is 1. The number of hydrogen-bond donors (Lipinski definition) is 0. The van der Waals surface area contributed by atoms with Gasteiger partial charge in [-0.25, -0.2) is 4.79 Å². The zero-order chi connectivity index (χ0) is 7.98. The zero-order valence-electron chi connectivity index (χ0n) is 6.39. The summed E-state index contributed by atoms with van der Waals surface area (Å²) in [5.74, 6) is 0. The van der Waals surface area contributed by atoms with Crippen molar-refractivity contribution in [2.75, 3.05) is 0 Å². The van der Waals surface area contributed by atoms with E-state index in [2.05, 4.69) is 22.9 Å². The molecule has 1 unspecified atom stereocenters. The van der Waals surface area contributed by atoms with E-state index in [1.807, 2.05) is 6.92 Å². The third kappa shape index (κ3) is 6.08. The van der Waals surface area contributed by atoms with Crippen LogP contribution in [0.25, 0.3) is 0 Å². The highest BCUT2D eigenvalue weighted by Crippen LogP contribution is 2.06. The molecule has 0 aliphatic rings. The molecule has 0 aromatic rings. The molecule has 0 rings (SSSR count). The summed E-state index contributed by atoms with van der Waals surface area (Å²) in [4.78, 5) is 9.95. The topological polar surface area (TPSA) is 26.3 Å². The first-order valence-corrected chi connectivity index (χ1v) is 4.32. The highest BCUT2D eigenvalue weighted by Gasteiger charge is 2.03. The van der Waals surface area contributed by atoms with Crippen LogP contribution in [0.2, 0.25) is 0 Å². The number of rotatable bonds is 4. The van der Waals surface area contributed by atoms with Gasteiger partial charge in [0, 0.05) is 15.9 Å². The van der Waals surface area contributed by atoms with Crippen LogP contribution in [0.5, 0.6) is 0 Å². The molecule has 0 aromatic heterocycles. The molecular formula is C7H13BrO2. The van der Waals surface area contributed by atoms with Gasteiger partial charge in [-0.05, 0) is 13.3 Å². The first-order chi connectivity index (χ1) is 4.66. The standard InChI is InChI=1S/C7H13BrO2/c1-3-4-5-6(2)10-7(8)9/h6H,3-5H2,1-2H3. The maximum atomic E-state index is 10.3. The molecule has 0 amide bonds. The van der Waals surface area contributed by atoms with Gasteiger partial charge >= 0.3 is 4.88 Å². The van der Waals surface area contributed by atoms with Crippen molar-refractivity contribution >= 4 is 20.8 Å². The van der Waals surface area contributed by atoms with Gasteiger partial charge in [0.15, 0.2) is 0 Å². The molecule has 0 aromatic carbocycles. The highest BCUT2D eigenvalue weighted by molar-refractivity contribution is 9.18. The molecule has 0 aliphatic carbocycles. The Kier molecular flexibility index (Phi) is 5.69. The van der Waals surface area contributed by atoms with Crippen molar-refractivity contribution in [3.8, 4) is 0 Å². The summed E-state index contributed by atoms with van der Waals surface area (Å²) in [5, 5.41) is 0. The molecule has 10 heavy (non-hydrogen) atoms.